The molecule has 0 radical (unpaired) electrons. The fourth-order valence-corrected chi connectivity index (χ4v) is 2.92. The molecule has 0 aliphatic carbocycles. The van der Waals surface area contributed by atoms with Crippen molar-refractivity contribution < 1.29 is 22.7 Å². The summed E-state index contributed by atoms with van der Waals surface area (Å²) in [7, 11) is 0. The van der Waals surface area contributed by atoms with Crippen molar-refractivity contribution >= 4 is 22.6 Å². The van der Waals surface area contributed by atoms with E-state index in [9.17, 15) is 18.0 Å². The van der Waals surface area contributed by atoms with Gasteiger partial charge in [-0.3, -0.25) is 5.41 Å². The van der Waals surface area contributed by atoms with Crippen LogP contribution in [0.3, 0.4) is 0 Å². The summed E-state index contributed by atoms with van der Waals surface area (Å²) in [6, 6.07) is 15.3. The van der Waals surface area contributed by atoms with Crippen molar-refractivity contribution in [2.24, 2.45) is 11.5 Å². The average Bonchev–Trinajstić information content (AvgIpc) is 2.72. The van der Waals surface area contributed by atoms with Crippen molar-refractivity contribution in [2.75, 3.05) is 6.54 Å². The van der Waals surface area contributed by atoms with Crippen molar-refractivity contribution in [3.05, 3.63) is 76.9 Å². The first kappa shape index (κ1) is 21.9. The molecule has 158 valence electrons. The van der Waals surface area contributed by atoms with Gasteiger partial charge in [-0.15, -0.1) is 0 Å². The first-order chi connectivity index (χ1) is 14.7. The maximum absolute atomic E-state index is 12.7. The molecule has 31 heavy (non-hydrogen) atoms. The number of halogens is 3. The summed E-state index contributed by atoms with van der Waals surface area (Å²) in [5.74, 6) is 2.70. The van der Waals surface area contributed by atoms with Gasteiger partial charge in [-0.25, -0.2) is 4.79 Å². The number of esters is 1. The molecule has 3 aromatic rings. The summed E-state index contributed by atoms with van der Waals surface area (Å²) in [6.45, 7) is 0.563. The number of fused-ring (bicyclic) bond motifs is 1. The second-order valence-corrected chi connectivity index (χ2v) is 6.66. The van der Waals surface area contributed by atoms with Gasteiger partial charge in [0.2, 0.25) is 0 Å². The van der Waals surface area contributed by atoms with Gasteiger partial charge in [-0.1, -0.05) is 30.0 Å². The van der Waals surface area contributed by atoms with Gasteiger partial charge in [-0.05, 0) is 60.3 Å². The minimum atomic E-state index is -5.18. The standard InChI is InChI=1S/C23H18F3N3O2/c24-23(25,26)22(30)31-20-18-9-7-16(13-17(18)8-10-19(20)21(28)29)6-5-14-1-3-15(4-2-14)11-12-27/h1-4,7-10,13H,11-12,27H2,(H3,28,29). The molecule has 0 aromatic heterocycles. The summed E-state index contributed by atoms with van der Waals surface area (Å²) in [5, 5.41) is 8.27. The number of alkyl halides is 3. The minimum absolute atomic E-state index is 0.110. The third-order valence-electron chi connectivity index (χ3n) is 4.42. The number of amidine groups is 1. The number of nitrogens with one attached hydrogen (secondary N) is 1. The monoisotopic (exact) mass is 425 g/mol. The predicted octanol–water partition coefficient (Wildman–Crippen LogP) is 3.49. The number of ether oxygens (including phenoxy) is 1. The molecule has 5 nitrogen and oxygen atoms in total. The fourth-order valence-electron chi connectivity index (χ4n) is 2.92. The highest BCUT2D eigenvalue weighted by Gasteiger charge is 2.42. The van der Waals surface area contributed by atoms with Gasteiger partial charge in [0.05, 0.1) is 5.56 Å². The lowest BCUT2D eigenvalue weighted by molar-refractivity contribution is -0.189. The van der Waals surface area contributed by atoms with Gasteiger partial charge in [0, 0.05) is 16.5 Å². The molecule has 0 aliphatic rings. The molecular weight excluding hydrogens is 407 g/mol. The van der Waals surface area contributed by atoms with Gasteiger partial charge >= 0.3 is 12.1 Å². The minimum Gasteiger partial charge on any atom is -0.418 e. The molecule has 0 aliphatic heterocycles. The van der Waals surface area contributed by atoms with Crippen LogP contribution >= 0.6 is 0 Å². The Morgan fingerprint density at radius 1 is 1.00 bits per heavy atom. The molecule has 0 saturated carbocycles. The molecule has 0 saturated heterocycles. The van der Waals surface area contributed by atoms with Gasteiger partial charge in [0.25, 0.3) is 0 Å². The Labute approximate surface area is 176 Å². The molecule has 0 unspecified atom stereocenters. The summed E-state index contributed by atoms with van der Waals surface area (Å²) in [4.78, 5) is 11.4. The van der Waals surface area contributed by atoms with Crippen LogP contribution in [0, 0.1) is 17.3 Å². The Balaban J connectivity index is 1.97. The second-order valence-electron chi connectivity index (χ2n) is 6.66. The summed E-state index contributed by atoms with van der Waals surface area (Å²) < 4.78 is 42.6. The number of carbonyl (C=O) groups is 1. The van der Waals surface area contributed by atoms with Crippen molar-refractivity contribution in [1.82, 2.24) is 0 Å². The highest BCUT2D eigenvalue weighted by Crippen LogP contribution is 2.32. The zero-order chi connectivity index (χ0) is 22.6. The van der Waals surface area contributed by atoms with E-state index in [1.807, 2.05) is 24.3 Å². The smallest absolute Gasteiger partial charge is 0.418 e. The molecule has 3 aromatic carbocycles. The molecule has 0 amide bonds. The van der Waals surface area contributed by atoms with Gasteiger partial charge in [0.15, 0.2) is 0 Å². The number of nitrogens with two attached hydrogens (primary N) is 2. The van der Waals surface area contributed by atoms with Crippen LogP contribution in [0.4, 0.5) is 13.2 Å². The fraction of sp³-hybridized carbons (Fsp3) is 0.130. The van der Waals surface area contributed by atoms with E-state index in [1.54, 1.807) is 18.2 Å². The lowest BCUT2D eigenvalue weighted by Crippen LogP contribution is -2.29. The molecule has 5 N–H and O–H groups in total. The highest BCUT2D eigenvalue weighted by atomic mass is 19.4. The zero-order valence-electron chi connectivity index (χ0n) is 16.2. The predicted molar refractivity (Wildman–Crippen MR) is 112 cm³/mol. The van der Waals surface area contributed by atoms with Crippen LogP contribution in [-0.2, 0) is 11.2 Å². The van der Waals surface area contributed by atoms with Crippen LogP contribution in [0.1, 0.15) is 22.3 Å². The highest BCUT2D eigenvalue weighted by molar-refractivity contribution is 6.05. The first-order valence-electron chi connectivity index (χ1n) is 9.20. The van der Waals surface area contributed by atoms with Gasteiger partial charge in [-0.2, -0.15) is 13.2 Å². The Bertz CT molecular complexity index is 1210. The molecule has 0 heterocycles. The molecule has 0 bridgehead atoms. The third-order valence-corrected chi connectivity index (χ3v) is 4.42. The van der Waals surface area contributed by atoms with Crippen molar-refractivity contribution in [3.8, 4) is 17.6 Å². The lowest BCUT2D eigenvalue weighted by atomic mass is 10.0. The molecule has 0 atom stereocenters. The Morgan fingerprint density at radius 3 is 2.26 bits per heavy atom. The average molecular weight is 425 g/mol. The van der Waals surface area contributed by atoms with Gasteiger partial charge < -0.3 is 16.2 Å². The third kappa shape index (κ3) is 5.21. The van der Waals surface area contributed by atoms with Crippen LogP contribution in [0.25, 0.3) is 10.8 Å². The van der Waals surface area contributed by atoms with Crippen LogP contribution in [0.2, 0.25) is 0 Å². The lowest BCUT2D eigenvalue weighted by Gasteiger charge is -2.13. The number of hydrogen-bond donors (Lipinski definition) is 3. The van der Waals surface area contributed by atoms with E-state index in [0.717, 1.165) is 17.5 Å². The molecule has 0 fully saturated rings. The summed E-state index contributed by atoms with van der Waals surface area (Å²) in [6.07, 6.45) is -4.40. The van der Waals surface area contributed by atoms with Crippen molar-refractivity contribution in [2.45, 2.75) is 12.6 Å². The van der Waals surface area contributed by atoms with E-state index in [-0.39, 0.29) is 10.9 Å². The molecule has 8 heteroatoms. The number of carbonyl (C=O) groups excluding carboxylic acids is 1. The van der Waals surface area contributed by atoms with E-state index in [2.05, 4.69) is 16.6 Å². The first-order valence-corrected chi connectivity index (χ1v) is 9.20. The van der Waals surface area contributed by atoms with Crippen LogP contribution in [0.15, 0.2) is 54.6 Å². The normalized spacial score (nSPS) is 11.0. The SMILES string of the molecule is N=C(N)c1ccc2cc(C#Cc3ccc(CCN)cc3)ccc2c1OC(=O)C(F)(F)F. The van der Waals surface area contributed by atoms with E-state index < -0.39 is 23.7 Å². The van der Waals surface area contributed by atoms with E-state index in [4.69, 9.17) is 16.9 Å². The quantitative estimate of drug-likeness (QED) is 0.196. The van der Waals surface area contributed by atoms with Gasteiger partial charge in [0.1, 0.15) is 11.6 Å². The maximum Gasteiger partial charge on any atom is 0.491 e. The molecule has 0 spiro atoms. The van der Waals surface area contributed by atoms with Crippen molar-refractivity contribution in [1.29, 1.82) is 5.41 Å². The van der Waals surface area contributed by atoms with Crippen LogP contribution in [0.5, 0.6) is 5.75 Å². The zero-order valence-corrected chi connectivity index (χ0v) is 16.2. The molecule has 3 rings (SSSR count). The Morgan fingerprint density at radius 2 is 1.65 bits per heavy atom. The number of benzene rings is 3. The topological polar surface area (TPSA) is 102 Å². The summed E-state index contributed by atoms with van der Waals surface area (Å²) in [5.41, 5.74) is 13.4. The van der Waals surface area contributed by atoms with E-state index >= 15 is 0 Å². The summed E-state index contributed by atoms with van der Waals surface area (Å²) >= 11 is 0. The van der Waals surface area contributed by atoms with Crippen LogP contribution in [-0.4, -0.2) is 24.5 Å². The largest absolute Gasteiger partial charge is 0.491 e. The second kappa shape index (κ2) is 8.90. The Kier molecular flexibility index (Phi) is 6.28. The van der Waals surface area contributed by atoms with Crippen molar-refractivity contribution in [3.63, 3.8) is 0 Å². The number of rotatable bonds is 4. The molecular formula is C23H18F3N3O2. The number of hydrogen-bond acceptors (Lipinski definition) is 4. The number of nitrogen functional groups attached to an aromatic ring is 1. The van der Waals surface area contributed by atoms with Crippen LogP contribution < -0.4 is 16.2 Å². The Hall–Kier alpha value is -3.83. The maximum atomic E-state index is 12.7. The van der Waals surface area contributed by atoms with E-state index in [1.165, 1.54) is 12.1 Å². The van der Waals surface area contributed by atoms with E-state index in [0.29, 0.717) is 17.5 Å².